The Hall–Kier alpha value is 0.0674. The number of carbonyl (C=O) groups excluding carboxylic acids is 1. The number of primary amides is 1. The number of carbonyl (C=O) groups is 1. The molecule has 0 aliphatic carbocycles. The summed E-state index contributed by atoms with van der Waals surface area (Å²) in [6.45, 7) is 2.14. The summed E-state index contributed by atoms with van der Waals surface area (Å²) in [5.74, 6) is -0.175. The molecule has 0 saturated heterocycles. The maximum absolute atomic E-state index is 10.2. The van der Waals surface area contributed by atoms with Gasteiger partial charge in [0.2, 0.25) is 5.91 Å². The van der Waals surface area contributed by atoms with Crippen LogP contribution in [-0.2, 0) is 4.79 Å². The van der Waals surface area contributed by atoms with Crippen molar-refractivity contribution in [2.45, 2.75) is 39.0 Å². The average Bonchev–Trinajstić information content (AvgIpc) is 1.80. The second kappa shape index (κ2) is 9.07. The molecule has 0 rings (SSSR count). The molecule has 0 atom stereocenters. The SMILES string of the molecule is CCCCCCC(N)=O.[LiH]. The molecule has 0 fully saturated rings. The van der Waals surface area contributed by atoms with Crippen molar-refractivity contribution in [1.82, 2.24) is 0 Å². The van der Waals surface area contributed by atoms with Gasteiger partial charge in [0.1, 0.15) is 0 Å². The molecule has 56 valence electrons. The van der Waals surface area contributed by atoms with Crippen molar-refractivity contribution in [2.24, 2.45) is 5.73 Å². The molecule has 1 amide bonds. The van der Waals surface area contributed by atoms with Crippen LogP contribution in [0.3, 0.4) is 0 Å². The van der Waals surface area contributed by atoms with Gasteiger partial charge < -0.3 is 5.73 Å². The molecule has 0 aromatic carbocycles. The van der Waals surface area contributed by atoms with Gasteiger partial charge in [-0.1, -0.05) is 26.2 Å². The number of amides is 1. The van der Waals surface area contributed by atoms with E-state index in [4.69, 9.17) is 5.73 Å². The van der Waals surface area contributed by atoms with Crippen LogP contribution in [0.15, 0.2) is 0 Å². The average molecular weight is 137 g/mol. The summed E-state index contributed by atoms with van der Waals surface area (Å²) in [5.41, 5.74) is 4.94. The van der Waals surface area contributed by atoms with Crippen LogP contribution in [0.2, 0.25) is 0 Å². The fourth-order valence-corrected chi connectivity index (χ4v) is 0.726. The zero-order valence-corrected chi connectivity index (χ0v) is 6.02. The third kappa shape index (κ3) is 10.9. The Bertz CT molecular complexity index is 85.7. The third-order valence-corrected chi connectivity index (χ3v) is 1.28. The van der Waals surface area contributed by atoms with E-state index in [-0.39, 0.29) is 24.8 Å². The summed E-state index contributed by atoms with van der Waals surface area (Å²) < 4.78 is 0. The first-order valence-corrected chi connectivity index (χ1v) is 3.55. The molecule has 2 nitrogen and oxygen atoms in total. The summed E-state index contributed by atoms with van der Waals surface area (Å²) in [4.78, 5) is 10.2. The summed E-state index contributed by atoms with van der Waals surface area (Å²) in [6, 6.07) is 0. The molecular weight excluding hydrogens is 121 g/mol. The maximum atomic E-state index is 10.2. The molecular formula is C7H16LiNO. The van der Waals surface area contributed by atoms with Crippen molar-refractivity contribution in [3.8, 4) is 0 Å². The Balaban J connectivity index is 0. The van der Waals surface area contributed by atoms with Gasteiger partial charge in [0, 0.05) is 6.42 Å². The van der Waals surface area contributed by atoms with E-state index in [9.17, 15) is 4.79 Å². The second-order valence-corrected chi connectivity index (χ2v) is 2.28. The summed E-state index contributed by atoms with van der Waals surface area (Å²) in [5, 5.41) is 0. The summed E-state index contributed by atoms with van der Waals surface area (Å²) in [6.07, 6.45) is 5.08. The van der Waals surface area contributed by atoms with Gasteiger partial charge in [-0.05, 0) is 6.42 Å². The van der Waals surface area contributed by atoms with Gasteiger partial charge in [-0.2, -0.15) is 0 Å². The van der Waals surface area contributed by atoms with Crippen LogP contribution in [-0.4, -0.2) is 24.8 Å². The number of rotatable bonds is 5. The van der Waals surface area contributed by atoms with Gasteiger partial charge in [0.05, 0.1) is 0 Å². The van der Waals surface area contributed by atoms with E-state index in [0.29, 0.717) is 6.42 Å². The Morgan fingerprint density at radius 3 is 2.30 bits per heavy atom. The quantitative estimate of drug-likeness (QED) is 0.442. The van der Waals surface area contributed by atoms with Gasteiger partial charge >= 0.3 is 18.9 Å². The fraction of sp³-hybridized carbons (Fsp3) is 0.857. The molecule has 0 heterocycles. The van der Waals surface area contributed by atoms with Crippen LogP contribution in [0.4, 0.5) is 0 Å². The van der Waals surface area contributed by atoms with Gasteiger partial charge in [-0.15, -0.1) is 0 Å². The van der Waals surface area contributed by atoms with Gasteiger partial charge in [-0.25, -0.2) is 0 Å². The summed E-state index contributed by atoms with van der Waals surface area (Å²) >= 11 is 0. The topological polar surface area (TPSA) is 43.1 Å². The van der Waals surface area contributed by atoms with Crippen molar-refractivity contribution >= 4 is 24.8 Å². The number of unbranched alkanes of at least 4 members (excludes halogenated alkanes) is 3. The number of hydrogen-bond acceptors (Lipinski definition) is 1. The van der Waals surface area contributed by atoms with Crippen molar-refractivity contribution in [3.63, 3.8) is 0 Å². The predicted molar refractivity (Wildman–Crippen MR) is 45.1 cm³/mol. The van der Waals surface area contributed by atoms with E-state index in [2.05, 4.69) is 6.92 Å². The molecule has 2 N–H and O–H groups in total. The molecule has 0 aliphatic rings. The van der Waals surface area contributed by atoms with Crippen molar-refractivity contribution in [2.75, 3.05) is 0 Å². The van der Waals surface area contributed by atoms with E-state index in [0.717, 1.165) is 12.8 Å². The van der Waals surface area contributed by atoms with Gasteiger partial charge in [-0.3, -0.25) is 4.79 Å². The molecule has 0 saturated carbocycles. The molecule has 0 aromatic rings. The van der Waals surface area contributed by atoms with Crippen molar-refractivity contribution in [3.05, 3.63) is 0 Å². The van der Waals surface area contributed by atoms with Crippen LogP contribution in [0.1, 0.15) is 39.0 Å². The molecule has 0 aliphatic heterocycles. The summed E-state index contributed by atoms with van der Waals surface area (Å²) in [7, 11) is 0. The number of hydrogen-bond donors (Lipinski definition) is 1. The van der Waals surface area contributed by atoms with Crippen LogP contribution >= 0.6 is 0 Å². The van der Waals surface area contributed by atoms with E-state index in [1.807, 2.05) is 0 Å². The monoisotopic (exact) mass is 137 g/mol. The minimum atomic E-state index is -0.175. The predicted octanol–water partition coefficient (Wildman–Crippen LogP) is 0.794. The third-order valence-electron chi connectivity index (χ3n) is 1.28. The van der Waals surface area contributed by atoms with Gasteiger partial charge in [0.25, 0.3) is 0 Å². The van der Waals surface area contributed by atoms with Crippen molar-refractivity contribution < 1.29 is 4.79 Å². The van der Waals surface area contributed by atoms with E-state index in [1.165, 1.54) is 12.8 Å². The second-order valence-electron chi connectivity index (χ2n) is 2.28. The van der Waals surface area contributed by atoms with Crippen LogP contribution in [0, 0.1) is 0 Å². The Morgan fingerprint density at radius 2 is 1.90 bits per heavy atom. The fourth-order valence-electron chi connectivity index (χ4n) is 0.726. The first-order valence-electron chi connectivity index (χ1n) is 3.55. The van der Waals surface area contributed by atoms with E-state index >= 15 is 0 Å². The molecule has 0 radical (unpaired) electrons. The first-order chi connectivity index (χ1) is 4.27. The molecule has 0 unspecified atom stereocenters. The molecule has 0 bridgehead atoms. The minimum absolute atomic E-state index is 0. The molecule has 0 spiro atoms. The van der Waals surface area contributed by atoms with Crippen LogP contribution in [0.25, 0.3) is 0 Å². The first kappa shape index (κ1) is 12.7. The Kier molecular flexibility index (Phi) is 11.5. The van der Waals surface area contributed by atoms with E-state index in [1.54, 1.807) is 0 Å². The van der Waals surface area contributed by atoms with Gasteiger partial charge in [0.15, 0.2) is 0 Å². The van der Waals surface area contributed by atoms with Crippen LogP contribution < -0.4 is 5.73 Å². The van der Waals surface area contributed by atoms with E-state index < -0.39 is 0 Å². The molecule has 10 heavy (non-hydrogen) atoms. The zero-order chi connectivity index (χ0) is 7.11. The standard InChI is InChI=1S/C7H15NO.Li.H/c1-2-3-4-5-6-7(8)9;;/h2-6H2,1H3,(H2,8,9);;. The normalized spacial score (nSPS) is 8.50. The molecule has 0 aromatic heterocycles. The molecule has 3 heteroatoms. The zero-order valence-electron chi connectivity index (χ0n) is 6.02. The Labute approximate surface area is 74.7 Å². The Morgan fingerprint density at radius 1 is 1.30 bits per heavy atom. The number of nitrogens with two attached hydrogens (primary N) is 1. The van der Waals surface area contributed by atoms with Crippen molar-refractivity contribution in [1.29, 1.82) is 0 Å². The van der Waals surface area contributed by atoms with Crippen LogP contribution in [0.5, 0.6) is 0 Å².